The Bertz CT molecular complexity index is 1510. The summed E-state index contributed by atoms with van der Waals surface area (Å²) in [6.45, 7) is 3.71. The largest absolute Gasteiger partial charge is 0.497 e. The molecule has 0 heterocycles. The minimum Gasteiger partial charge on any atom is -0.497 e. The second-order valence-electron chi connectivity index (χ2n) is 10.7. The molecule has 0 aliphatic heterocycles. The van der Waals surface area contributed by atoms with Gasteiger partial charge in [-0.15, -0.1) is 0 Å². The van der Waals surface area contributed by atoms with E-state index in [9.17, 15) is 18.0 Å². The molecule has 3 aromatic carbocycles. The maximum atomic E-state index is 14.3. The first-order valence-corrected chi connectivity index (χ1v) is 16.7. The second kappa shape index (κ2) is 15.3. The lowest BCUT2D eigenvalue weighted by Gasteiger charge is -2.34. The molecule has 0 spiro atoms. The summed E-state index contributed by atoms with van der Waals surface area (Å²) in [4.78, 5) is 29.3. The van der Waals surface area contributed by atoms with E-state index in [0.29, 0.717) is 29.5 Å². The van der Waals surface area contributed by atoms with Gasteiger partial charge in [0.25, 0.3) is 10.0 Å². The zero-order valence-electron chi connectivity index (χ0n) is 25.4. The van der Waals surface area contributed by atoms with Gasteiger partial charge in [-0.2, -0.15) is 0 Å². The van der Waals surface area contributed by atoms with Crippen LogP contribution in [0, 0.1) is 0 Å². The van der Waals surface area contributed by atoms with Crippen molar-refractivity contribution < 1.29 is 27.5 Å². The molecule has 4 rings (SSSR count). The van der Waals surface area contributed by atoms with Crippen LogP contribution in [-0.4, -0.2) is 57.5 Å². The van der Waals surface area contributed by atoms with Crippen LogP contribution in [0.1, 0.15) is 51.5 Å². The minimum atomic E-state index is -4.21. The van der Waals surface area contributed by atoms with Crippen LogP contribution >= 0.6 is 11.6 Å². The van der Waals surface area contributed by atoms with Gasteiger partial charge in [0.15, 0.2) is 0 Å². The van der Waals surface area contributed by atoms with E-state index in [4.69, 9.17) is 21.1 Å². The first-order valence-electron chi connectivity index (χ1n) is 14.9. The second-order valence-corrected chi connectivity index (χ2v) is 13.0. The molecule has 1 fully saturated rings. The fourth-order valence-corrected chi connectivity index (χ4v) is 6.93. The summed E-state index contributed by atoms with van der Waals surface area (Å²) in [7, 11) is -2.66. The number of nitrogens with zero attached hydrogens (tertiary/aromatic N) is 2. The highest BCUT2D eigenvalue weighted by molar-refractivity contribution is 7.92. The van der Waals surface area contributed by atoms with Gasteiger partial charge in [0.1, 0.15) is 24.1 Å². The summed E-state index contributed by atoms with van der Waals surface area (Å²) >= 11 is 6.04. The summed E-state index contributed by atoms with van der Waals surface area (Å²) in [5, 5.41) is 3.51. The minimum absolute atomic E-state index is 0.0195. The quantitative estimate of drug-likeness (QED) is 0.238. The lowest BCUT2D eigenvalue weighted by Crippen LogP contribution is -2.53. The van der Waals surface area contributed by atoms with E-state index >= 15 is 0 Å². The van der Waals surface area contributed by atoms with Crippen molar-refractivity contribution in [3.8, 4) is 11.5 Å². The molecule has 236 valence electrons. The highest BCUT2D eigenvalue weighted by atomic mass is 35.5. The van der Waals surface area contributed by atoms with Crippen LogP contribution < -0.4 is 19.1 Å². The molecule has 44 heavy (non-hydrogen) atoms. The van der Waals surface area contributed by atoms with E-state index in [1.165, 1.54) is 29.2 Å². The molecule has 1 atom stereocenters. The molecular formula is C33H40ClN3O6S. The maximum Gasteiger partial charge on any atom is 0.264 e. The zero-order chi connectivity index (χ0) is 31.7. The lowest BCUT2D eigenvalue weighted by atomic mass is 10.1. The zero-order valence-corrected chi connectivity index (χ0v) is 26.9. The van der Waals surface area contributed by atoms with Gasteiger partial charge in [0.2, 0.25) is 11.8 Å². The molecule has 2 amide bonds. The normalized spacial score (nSPS) is 14.1. The van der Waals surface area contributed by atoms with Gasteiger partial charge >= 0.3 is 0 Å². The molecule has 3 aromatic rings. The number of nitrogens with one attached hydrogen (secondary N) is 1. The van der Waals surface area contributed by atoms with Gasteiger partial charge in [0, 0.05) is 17.6 Å². The Kier molecular flexibility index (Phi) is 11.5. The van der Waals surface area contributed by atoms with Gasteiger partial charge in [0.05, 0.1) is 24.3 Å². The first-order chi connectivity index (χ1) is 21.2. The predicted octanol–water partition coefficient (Wildman–Crippen LogP) is 5.81. The van der Waals surface area contributed by atoms with Crippen LogP contribution in [0.15, 0.2) is 77.7 Å². The summed E-state index contributed by atoms with van der Waals surface area (Å²) < 4.78 is 40.1. The predicted molar refractivity (Wildman–Crippen MR) is 172 cm³/mol. The highest BCUT2D eigenvalue weighted by Crippen LogP contribution is 2.28. The first kappa shape index (κ1) is 33.1. The number of carbonyl (C=O) groups excluding carboxylic acids is 2. The van der Waals surface area contributed by atoms with Gasteiger partial charge in [-0.25, -0.2) is 8.42 Å². The number of amides is 2. The van der Waals surface area contributed by atoms with Crippen molar-refractivity contribution in [3.05, 3.63) is 83.4 Å². The van der Waals surface area contributed by atoms with Crippen LogP contribution in [0.5, 0.6) is 11.5 Å². The number of hydrogen-bond acceptors (Lipinski definition) is 6. The number of rotatable bonds is 14. The topological polar surface area (TPSA) is 105 Å². The number of benzene rings is 3. The molecule has 0 bridgehead atoms. The molecule has 1 aliphatic carbocycles. The van der Waals surface area contributed by atoms with Crippen LogP contribution in [0.4, 0.5) is 5.69 Å². The van der Waals surface area contributed by atoms with Crippen LogP contribution in [0.3, 0.4) is 0 Å². The number of ether oxygens (including phenoxy) is 2. The van der Waals surface area contributed by atoms with E-state index in [1.54, 1.807) is 43.5 Å². The Hall–Kier alpha value is -3.76. The summed E-state index contributed by atoms with van der Waals surface area (Å²) in [6, 6.07) is 18.8. The summed E-state index contributed by atoms with van der Waals surface area (Å²) in [5.74, 6) is 0.414. The third-order valence-electron chi connectivity index (χ3n) is 7.69. The molecule has 0 radical (unpaired) electrons. The average Bonchev–Trinajstić information content (AvgIpc) is 3.53. The molecule has 1 N–H and O–H groups in total. The van der Waals surface area contributed by atoms with Crippen LogP contribution in [0.25, 0.3) is 0 Å². The SMILES string of the molecule is CCOc1ccc(N(CC(=O)N(Cc2cccc(OC)c2)[C@@H](CC)C(=O)NC2CCCC2)S(=O)(=O)c2ccc(Cl)cc2)cc1. The average molecular weight is 642 g/mol. The number of halogens is 1. The number of anilines is 1. The van der Waals surface area contributed by atoms with Crippen LogP contribution in [-0.2, 0) is 26.2 Å². The van der Waals surface area contributed by atoms with E-state index in [0.717, 1.165) is 35.6 Å². The van der Waals surface area contributed by atoms with Crippen molar-refractivity contribution in [2.45, 2.75) is 69.5 Å². The Balaban J connectivity index is 1.72. The van der Waals surface area contributed by atoms with Gasteiger partial charge in [-0.1, -0.05) is 43.5 Å². The monoisotopic (exact) mass is 641 g/mol. The Morgan fingerprint density at radius 1 is 0.977 bits per heavy atom. The van der Waals surface area contributed by atoms with Crippen molar-refractivity contribution in [1.29, 1.82) is 0 Å². The fourth-order valence-electron chi connectivity index (χ4n) is 5.39. The fraction of sp³-hybridized carbons (Fsp3) is 0.394. The standard InChI is InChI=1S/C33H40ClN3O6S/c1-4-31(33(39)35-26-10-6-7-11-26)36(22-24-9-8-12-29(21-24)42-3)32(38)23-37(27-15-17-28(18-16-27)43-5-2)44(40,41)30-19-13-25(34)14-20-30/h8-9,12-21,26,31H,4-7,10-11,22-23H2,1-3H3,(H,35,39)/t31-/m0/s1. The Morgan fingerprint density at radius 3 is 2.27 bits per heavy atom. The molecule has 0 saturated heterocycles. The van der Waals surface area contributed by atoms with E-state index in [2.05, 4.69) is 5.32 Å². The molecule has 1 saturated carbocycles. The smallest absolute Gasteiger partial charge is 0.264 e. The van der Waals surface area contributed by atoms with Crippen molar-refractivity contribution >= 4 is 39.1 Å². The Labute approximate surface area is 265 Å². The maximum absolute atomic E-state index is 14.3. The van der Waals surface area contributed by atoms with Gasteiger partial charge in [-0.05, 0) is 92.4 Å². The molecule has 9 nitrogen and oxygen atoms in total. The van der Waals surface area contributed by atoms with E-state index in [1.807, 2.05) is 26.0 Å². The van der Waals surface area contributed by atoms with Crippen molar-refractivity contribution in [2.24, 2.45) is 0 Å². The third kappa shape index (κ3) is 8.24. The molecule has 0 unspecified atom stereocenters. The lowest BCUT2D eigenvalue weighted by molar-refractivity contribution is -0.140. The Morgan fingerprint density at radius 2 is 1.66 bits per heavy atom. The molecule has 11 heteroatoms. The van der Waals surface area contributed by atoms with Gasteiger partial charge < -0.3 is 19.7 Å². The van der Waals surface area contributed by atoms with Gasteiger partial charge in [-0.3, -0.25) is 13.9 Å². The third-order valence-corrected chi connectivity index (χ3v) is 9.73. The summed E-state index contributed by atoms with van der Waals surface area (Å²) in [5.41, 5.74) is 1.03. The summed E-state index contributed by atoms with van der Waals surface area (Å²) in [6.07, 6.45) is 4.25. The van der Waals surface area contributed by atoms with Crippen LogP contribution in [0.2, 0.25) is 5.02 Å². The highest BCUT2D eigenvalue weighted by Gasteiger charge is 2.34. The van der Waals surface area contributed by atoms with Crippen molar-refractivity contribution in [3.63, 3.8) is 0 Å². The molecule has 1 aliphatic rings. The molecule has 0 aromatic heterocycles. The number of carbonyl (C=O) groups is 2. The number of methoxy groups -OCH3 is 1. The molecular weight excluding hydrogens is 602 g/mol. The van der Waals surface area contributed by atoms with E-state index in [-0.39, 0.29) is 29.1 Å². The van der Waals surface area contributed by atoms with Crippen molar-refractivity contribution in [1.82, 2.24) is 10.2 Å². The van der Waals surface area contributed by atoms with Crippen molar-refractivity contribution in [2.75, 3.05) is 24.6 Å². The number of sulfonamides is 1. The van der Waals surface area contributed by atoms with E-state index < -0.39 is 28.5 Å². The number of hydrogen-bond donors (Lipinski definition) is 1.